The van der Waals surface area contributed by atoms with E-state index in [2.05, 4.69) is 10.1 Å². The van der Waals surface area contributed by atoms with E-state index in [9.17, 15) is 15.2 Å². The van der Waals surface area contributed by atoms with Crippen molar-refractivity contribution in [3.63, 3.8) is 0 Å². The van der Waals surface area contributed by atoms with Gasteiger partial charge in [-0.05, 0) is 18.6 Å². The van der Waals surface area contributed by atoms with Gasteiger partial charge in [0.1, 0.15) is 5.75 Å². The second-order valence-electron chi connectivity index (χ2n) is 4.51. The van der Waals surface area contributed by atoms with Gasteiger partial charge in [-0.2, -0.15) is 5.10 Å². The quantitative estimate of drug-likeness (QED) is 0.655. The Balaban J connectivity index is 2.04. The first kappa shape index (κ1) is 11.6. The molecule has 0 bridgehead atoms. The minimum atomic E-state index is -0.785. The van der Waals surface area contributed by atoms with Gasteiger partial charge in [0.15, 0.2) is 5.82 Å². The van der Waals surface area contributed by atoms with Crippen molar-refractivity contribution in [2.75, 3.05) is 0 Å². The molecule has 1 aliphatic rings. The van der Waals surface area contributed by atoms with E-state index in [1.54, 1.807) is 28.9 Å². The Morgan fingerprint density at radius 3 is 3.05 bits per heavy atom. The smallest absolute Gasteiger partial charge is 0.271 e. The number of phenols is 1. The number of phenolic OH excluding ortho intramolecular Hbond substituents is 1. The Morgan fingerprint density at radius 1 is 1.47 bits per heavy atom. The predicted octanol–water partition coefficient (Wildman–Crippen LogP) is 1.76. The summed E-state index contributed by atoms with van der Waals surface area (Å²) in [6.07, 6.45) is 1.21. The van der Waals surface area contributed by atoms with Crippen LogP contribution in [-0.2, 0) is 6.54 Å². The standard InChI is InChI=1S/C12H12N4O3/c17-9-4-1-3-8(7-9)11-13-12-10(16(18)19)5-2-6-15(12)14-11/h1,3-4,7,10,17H,2,5-6H2. The van der Waals surface area contributed by atoms with Gasteiger partial charge in [-0.25, -0.2) is 9.67 Å². The van der Waals surface area contributed by atoms with Gasteiger partial charge in [-0.1, -0.05) is 12.1 Å². The Kier molecular flexibility index (Phi) is 2.66. The van der Waals surface area contributed by atoms with E-state index in [0.29, 0.717) is 30.2 Å². The van der Waals surface area contributed by atoms with E-state index < -0.39 is 6.04 Å². The summed E-state index contributed by atoms with van der Waals surface area (Å²) in [6.45, 7) is 0.644. The number of aromatic nitrogens is 3. The monoisotopic (exact) mass is 260 g/mol. The van der Waals surface area contributed by atoms with Gasteiger partial charge >= 0.3 is 0 Å². The summed E-state index contributed by atoms with van der Waals surface area (Å²) >= 11 is 0. The van der Waals surface area contributed by atoms with Crippen molar-refractivity contribution in [1.29, 1.82) is 0 Å². The third-order valence-electron chi connectivity index (χ3n) is 3.20. The Hall–Kier alpha value is -2.44. The maximum absolute atomic E-state index is 11.0. The molecule has 1 aromatic heterocycles. The number of aryl methyl sites for hydroxylation is 1. The molecule has 1 atom stereocenters. The highest BCUT2D eigenvalue weighted by molar-refractivity contribution is 5.57. The van der Waals surface area contributed by atoms with Crippen molar-refractivity contribution >= 4 is 0 Å². The second-order valence-corrected chi connectivity index (χ2v) is 4.51. The first-order valence-corrected chi connectivity index (χ1v) is 6.03. The van der Waals surface area contributed by atoms with Crippen LogP contribution in [0, 0.1) is 10.1 Å². The number of benzene rings is 1. The van der Waals surface area contributed by atoms with Crippen LogP contribution in [0.4, 0.5) is 0 Å². The molecule has 0 spiro atoms. The normalized spacial score (nSPS) is 18.0. The highest BCUT2D eigenvalue weighted by Gasteiger charge is 2.33. The first-order chi connectivity index (χ1) is 9.15. The zero-order valence-electron chi connectivity index (χ0n) is 10.1. The van der Waals surface area contributed by atoms with Gasteiger partial charge in [0.25, 0.3) is 6.04 Å². The molecule has 0 aliphatic carbocycles. The van der Waals surface area contributed by atoms with Gasteiger partial charge in [-0.3, -0.25) is 10.1 Å². The first-order valence-electron chi connectivity index (χ1n) is 6.03. The van der Waals surface area contributed by atoms with Crippen molar-refractivity contribution in [3.05, 3.63) is 40.2 Å². The molecule has 1 aliphatic heterocycles. The third kappa shape index (κ3) is 2.03. The molecule has 7 heteroatoms. The van der Waals surface area contributed by atoms with Crippen LogP contribution in [-0.4, -0.2) is 24.8 Å². The number of hydrogen-bond donors (Lipinski definition) is 1. The molecule has 0 fully saturated rings. The predicted molar refractivity (Wildman–Crippen MR) is 66.1 cm³/mol. The Morgan fingerprint density at radius 2 is 2.32 bits per heavy atom. The number of rotatable bonds is 2. The molecule has 2 heterocycles. The lowest BCUT2D eigenvalue weighted by Crippen LogP contribution is -2.22. The van der Waals surface area contributed by atoms with Gasteiger partial charge in [0.05, 0.1) is 0 Å². The molecule has 98 valence electrons. The minimum Gasteiger partial charge on any atom is -0.508 e. The van der Waals surface area contributed by atoms with Crippen LogP contribution < -0.4 is 0 Å². The Labute approximate surface area is 108 Å². The van der Waals surface area contributed by atoms with E-state index in [-0.39, 0.29) is 10.7 Å². The number of nitro groups is 1. The van der Waals surface area contributed by atoms with Gasteiger partial charge in [0, 0.05) is 23.5 Å². The molecule has 0 radical (unpaired) electrons. The third-order valence-corrected chi connectivity index (χ3v) is 3.20. The summed E-state index contributed by atoms with van der Waals surface area (Å²) in [5.41, 5.74) is 0.656. The van der Waals surface area contributed by atoms with E-state index in [1.807, 2.05) is 0 Å². The van der Waals surface area contributed by atoms with E-state index in [4.69, 9.17) is 0 Å². The topological polar surface area (TPSA) is 94.1 Å². The van der Waals surface area contributed by atoms with Gasteiger partial charge in [0.2, 0.25) is 5.82 Å². The van der Waals surface area contributed by atoms with Crippen molar-refractivity contribution < 1.29 is 10.0 Å². The molecule has 7 nitrogen and oxygen atoms in total. The molecule has 19 heavy (non-hydrogen) atoms. The van der Waals surface area contributed by atoms with E-state index in [1.165, 1.54) is 0 Å². The summed E-state index contributed by atoms with van der Waals surface area (Å²) < 4.78 is 1.59. The summed E-state index contributed by atoms with van der Waals surface area (Å²) in [5.74, 6) is 0.936. The Bertz CT molecular complexity index is 638. The highest BCUT2D eigenvalue weighted by atomic mass is 16.6. The van der Waals surface area contributed by atoms with Crippen LogP contribution in [0.15, 0.2) is 24.3 Å². The number of nitrogens with zero attached hydrogens (tertiary/aromatic N) is 4. The van der Waals surface area contributed by atoms with Crippen LogP contribution in [0.1, 0.15) is 24.7 Å². The number of fused-ring (bicyclic) bond motifs is 1. The van der Waals surface area contributed by atoms with E-state index >= 15 is 0 Å². The van der Waals surface area contributed by atoms with Crippen molar-refractivity contribution in [1.82, 2.24) is 14.8 Å². The maximum Gasteiger partial charge on any atom is 0.271 e. The van der Waals surface area contributed by atoms with Crippen LogP contribution in [0.5, 0.6) is 5.75 Å². The summed E-state index contributed by atoms with van der Waals surface area (Å²) in [4.78, 5) is 15.0. The fourth-order valence-corrected chi connectivity index (χ4v) is 2.30. The van der Waals surface area contributed by atoms with Crippen molar-refractivity contribution in [2.45, 2.75) is 25.4 Å². The second kappa shape index (κ2) is 4.34. The summed E-state index contributed by atoms with van der Waals surface area (Å²) in [5, 5.41) is 24.7. The van der Waals surface area contributed by atoms with Crippen LogP contribution in [0.25, 0.3) is 11.4 Å². The number of hydrogen-bond acceptors (Lipinski definition) is 5. The molecule has 0 saturated heterocycles. The molecule has 0 amide bonds. The van der Waals surface area contributed by atoms with Crippen LogP contribution in [0.3, 0.4) is 0 Å². The van der Waals surface area contributed by atoms with Crippen molar-refractivity contribution in [3.8, 4) is 17.1 Å². The maximum atomic E-state index is 11.0. The summed E-state index contributed by atoms with van der Waals surface area (Å²) in [6, 6.07) is 5.77. The number of aromatic hydroxyl groups is 1. The SMILES string of the molecule is O=[N+]([O-])C1CCCn2nc(-c3cccc(O)c3)nc21. The molecule has 1 unspecified atom stereocenters. The molecule has 2 aromatic rings. The fraction of sp³-hybridized carbons (Fsp3) is 0.333. The van der Waals surface area contributed by atoms with Crippen LogP contribution >= 0.6 is 0 Å². The van der Waals surface area contributed by atoms with Gasteiger partial charge < -0.3 is 5.11 Å². The average Bonchev–Trinajstić information content (AvgIpc) is 2.82. The molecule has 1 aromatic carbocycles. The minimum absolute atomic E-state index is 0.121. The fourth-order valence-electron chi connectivity index (χ4n) is 2.30. The average molecular weight is 260 g/mol. The molecule has 3 rings (SSSR count). The summed E-state index contributed by atoms with van der Waals surface area (Å²) in [7, 11) is 0. The largest absolute Gasteiger partial charge is 0.508 e. The molecular weight excluding hydrogens is 248 g/mol. The van der Waals surface area contributed by atoms with Crippen molar-refractivity contribution in [2.24, 2.45) is 0 Å². The zero-order chi connectivity index (χ0) is 13.4. The van der Waals surface area contributed by atoms with E-state index in [0.717, 1.165) is 6.42 Å². The lowest BCUT2D eigenvalue weighted by atomic mass is 10.1. The van der Waals surface area contributed by atoms with Gasteiger partial charge in [-0.15, -0.1) is 0 Å². The van der Waals surface area contributed by atoms with Crippen LogP contribution in [0.2, 0.25) is 0 Å². The molecular formula is C12H12N4O3. The lowest BCUT2D eigenvalue weighted by molar-refractivity contribution is -0.533. The highest BCUT2D eigenvalue weighted by Crippen LogP contribution is 2.28. The molecule has 0 saturated carbocycles. The zero-order valence-corrected chi connectivity index (χ0v) is 10.1. The lowest BCUT2D eigenvalue weighted by Gasteiger charge is -2.15. The molecule has 1 N–H and O–H groups in total.